The van der Waals surface area contributed by atoms with Gasteiger partial charge in [-0.15, -0.1) is 0 Å². The highest BCUT2D eigenvalue weighted by atomic mass is 16.3. The first-order chi connectivity index (χ1) is 9.98. The van der Waals surface area contributed by atoms with Crippen molar-refractivity contribution in [1.82, 2.24) is 9.88 Å². The molecule has 3 heteroatoms. The minimum absolute atomic E-state index is 0.664. The van der Waals surface area contributed by atoms with Crippen molar-refractivity contribution < 1.29 is 5.11 Å². The quantitative estimate of drug-likeness (QED) is 0.884. The van der Waals surface area contributed by atoms with E-state index in [1.54, 1.807) is 0 Å². The van der Waals surface area contributed by atoms with Gasteiger partial charge in [-0.25, -0.2) is 0 Å². The molecule has 0 amide bonds. The van der Waals surface area contributed by atoms with Gasteiger partial charge in [-0.3, -0.25) is 9.88 Å². The SMILES string of the molecule is CCN(Cc1cccc(-c2ccccn2)c1)CC(C)(C)O. The maximum Gasteiger partial charge on any atom is 0.0718 e. The highest BCUT2D eigenvalue weighted by Crippen LogP contribution is 2.19. The Balaban J connectivity index is 2.14. The van der Waals surface area contributed by atoms with E-state index in [1.807, 2.05) is 38.2 Å². The Morgan fingerprint density at radius 2 is 1.95 bits per heavy atom. The molecule has 112 valence electrons. The lowest BCUT2D eigenvalue weighted by atomic mass is 10.1. The molecular formula is C18H24N2O. The summed E-state index contributed by atoms with van der Waals surface area (Å²) in [6.45, 7) is 8.23. The number of aromatic nitrogens is 1. The lowest BCUT2D eigenvalue weighted by Gasteiger charge is -2.28. The second kappa shape index (κ2) is 6.83. The summed E-state index contributed by atoms with van der Waals surface area (Å²) in [5.74, 6) is 0. The standard InChI is InChI=1S/C18H24N2O/c1-4-20(14-18(2,3)21)13-15-8-7-9-16(12-15)17-10-5-6-11-19-17/h5-12,21H,4,13-14H2,1-3H3. The van der Waals surface area contributed by atoms with Gasteiger partial charge in [-0.05, 0) is 44.2 Å². The molecule has 2 rings (SSSR count). The molecule has 0 fully saturated rings. The van der Waals surface area contributed by atoms with Crippen molar-refractivity contribution in [2.45, 2.75) is 32.9 Å². The summed E-state index contributed by atoms with van der Waals surface area (Å²) < 4.78 is 0. The van der Waals surface area contributed by atoms with Gasteiger partial charge >= 0.3 is 0 Å². The van der Waals surface area contributed by atoms with Gasteiger partial charge in [-0.2, -0.15) is 0 Å². The smallest absolute Gasteiger partial charge is 0.0718 e. The first kappa shape index (κ1) is 15.7. The Bertz CT molecular complexity index is 561. The van der Waals surface area contributed by atoms with Crippen LogP contribution in [0.3, 0.4) is 0 Å². The number of aliphatic hydroxyl groups is 1. The number of hydrogen-bond donors (Lipinski definition) is 1. The van der Waals surface area contributed by atoms with Gasteiger partial charge in [-0.1, -0.05) is 31.2 Å². The molecule has 0 bridgehead atoms. The fraction of sp³-hybridized carbons (Fsp3) is 0.389. The van der Waals surface area contributed by atoms with Gasteiger partial charge in [0.05, 0.1) is 11.3 Å². The molecule has 3 nitrogen and oxygen atoms in total. The number of benzene rings is 1. The van der Waals surface area contributed by atoms with E-state index >= 15 is 0 Å². The zero-order valence-electron chi connectivity index (χ0n) is 13.1. The van der Waals surface area contributed by atoms with Crippen LogP contribution in [0.15, 0.2) is 48.7 Å². The molecule has 1 heterocycles. The second-order valence-electron chi connectivity index (χ2n) is 6.03. The Morgan fingerprint density at radius 1 is 1.14 bits per heavy atom. The maximum absolute atomic E-state index is 9.98. The van der Waals surface area contributed by atoms with Gasteiger partial charge in [0.2, 0.25) is 0 Å². The van der Waals surface area contributed by atoms with Crippen molar-refractivity contribution in [3.63, 3.8) is 0 Å². The van der Waals surface area contributed by atoms with Gasteiger partial charge in [0, 0.05) is 24.8 Å². The zero-order chi connectivity index (χ0) is 15.3. The van der Waals surface area contributed by atoms with Crippen LogP contribution in [0.1, 0.15) is 26.3 Å². The van der Waals surface area contributed by atoms with Crippen LogP contribution < -0.4 is 0 Å². The largest absolute Gasteiger partial charge is 0.389 e. The molecule has 1 aromatic carbocycles. The molecule has 21 heavy (non-hydrogen) atoms. The number of rotatable bonds is 6. The van der Waals surface area contributed by atoms with E-state index in [2.05, 4.69) is 41.1 Å². The molecule has 0 saturated heterocycles. The minimum Gasteiger partial charge on any atom is -0.389 e. The average Bonchev–Trinajstić information content (AvgIpc) is 2.46. The van der Waals surface area contributed by atoms with Crippen LogP contribution in [0.5, 0.6) is 0 Å². The molecule has 2 aromatic rings. The maximum atomic E-state index is 9.98. The topological polar surface area (TPSA) is 36.4 Å². The Kier molecular flexibility index (Phi) is 5.10. The first-order valence-corrected chi connectivity index (χ1v) is 7.43. The van der Waals surface area contributed by atoms with E-state index in [4.69, 9.17) is 0 Å². The third-order valence-corrected chi connectivity index (χ3v) is 3.35. The second-order valence-corrected chi connectivity index (χ2v) is 6.03. The lowest BCUT2D eigenvalue weighted by Crippen LogP contribution is -2.38. The van der Waals surface area contributed by atoms with E-state index < -0.39 is 5.60 Å². The predicted molar refractivity (Wildman–Crippen MR) is 86.9 cm³/mol. The average molecular weight is 284 g/mol. The van der Waals surface area contributed by atoms with Crippen LogP contribution in [0.25, 0.3) is 11.3 Å². The molecule has 0 atom stereocenters. The summed E-state index contributed by atoms with van der Waals surface area (Å²) in [6, 6.07) is 14.4. The fourth-order valence-corrected chi connectivity index (χ4v) is 2.45. The van der Waals surface area contributed by atoms with Crippen molar-refractivity contribution in [3.8, 4) is 11.3 Å². The predicted octanol–water partition coefficient (Wildman–Crippen LogP) is 3.34. The summed E-state index contributed by atoms with van der Waals surface area (Å²) in [5.41, 5.74) is 2.69. The van der Waals surface area contributed by atoms with Crippen molar-refractivity contribution in [2.75, 3.05) is 13.1 Å². The van der Waals surface area contributed by atoms with Crippen LogP contribution in [-0.2, 0) is 6.54 Å². The Hall–Kier alpha value is -1.71. The molecular weight excluding hydrogens is 260 g/mol. The number of nitrogens with zero attached hydrogens (tertiary/aromatic N) is 2. The first-order valence-electron chi connectivity index (χ1n) is 7.43. The van der Waals surface area contributed by atoms with Gasteiger partial charge in [0.15, 0.2) is 0 Å². The third-order valence-electron chi connectivity index (χ3n) is 3.35. The van der Waals surface area contributed by atoms with Crippen molar-refractivity contribution in [1.29, 1.82) is 0 Å². The highest BCUT2D eigenvalue weighted by molar-refractivity contribution is 5.59. The molecule has 0 aliphatic heterocycles. The minimum atomic E-state index is -0.672. The summed E-state index contributed by atoms with van der Waals surface area (Å²) in [6.07, 6.45) is 1.81. The summed E-state index contributed by atoms with van der Waals surface area (Å²) in [4.78, 5) is 6.64. The van der Waals surface area contributed by atoms with Crippen LogP contribution in [0.4, 0.5) is 0 Å². The molecule has 0 saturated carbocycles. The molecule has 0 aliphatic rings. The summed E-state index contributed by atoms with van der Waals surface area (Å²) >= 11 is 0. The number of pyridine rings is 1. The van der Waals surface area contributed by atoms with E-state index in [1.165, 1.54) is 5.56 Å². The van der Waals surface area contributed by atoms with Gasteiger partial charge in [0.1, 0.15) is 0 Å². The zero-order valence-corrected chi connectivity index (χ0v) is 13.1. The van der Waals surface area contributed by atoms with Crippen LogP contribution in [0.2, 0.25) is 0 Å². The normalized spacial score (nSPS) is 11.9. The van der Waals surface area contributed by atoms with Crippen molar-refractivity contribution in [3.05, 3.63) is 54.2 Å². The number of likely N-dealkylation sites (N-methyl/N-ethyl adjacent to an activating group) is 1. The Labute approximate surface area is 127 Å². The highest BCUT2D eigenvalue weighted by Gasteiger charge is 2.17. The van der Waals surface area contributed by atoms with Gasteiger partial charge < -0.3 is 5.11 Å². The summed E-state index contributed by atoms with van der Waals surface area (Å²) in [7, 11) is 0. The van der Waals surface area contributed by atoms with E-state index in [-0.39, 0.29) is 0 Å². The number of hydrogen-bond acceptors (Lipinski definition) is 3. The lowest BCUT2D eigenvalue weighted by molar-refractivity contribution is 0.0353. The molecule has 1 aromatic heterocycles. The fourth-order valence-electron chi connectivity index (χ4n) is 2.45. The third kappa shape index (κ3) is 4.96. The molecule has 0 aliphatic carbocycles. The molecule has 1 N–H and O–H groups in total. The Morgan fingerprint density at radius 3 is 2.57 bits per heavy atom. The van der Waals surface area contributed by atoms with Crippen molar-refractivity contribution in [2.24, 2.45) is 0 Å². The van der Waals surface area contributed by atoms with Crippen LogP contribution in [-0.4, -0.2) is 33.7 Å². The van der Waals surface area contributed by atoms with E-state index in [0.717, 1.165) is 24.3 Å². The monoisotopic (exact) mass is 284 g/mol. The van der Waals surface area contributed by atoms with Crippen LogP contribution in [0, 0.1) is 0 Å². The van der Waals surface area contributed by atoms with Crippen LogP contribution >= 0.6 is 0 Å². The molecule has 0 spiro atoms. The molecule has 0 radical (unpaired) electrons. The summed E-state index contributed by atoms with van der Waals surface area (Å²) in [5, 5.41) is 9.98. The van der Waals surface area contributed by atoms with Crippen molar-refractivity contribution >= 4 is 0 Å². The van der Waals surface area contributed by atoms with E-state index in [9.17, 15) is 5.11 Å². The van der Waals surface area contributed by atoms with E-state index in [0.29, 0.717) is 6.54 Å². The van der Waals surface area contributed by atoms with Gasteiger partial charge in [0.25, 0.3) is 0 Å². The molecule has 0 unspecified atom stereocenters.